The van der Waals surface area contributed by atoms with Crippen molar-refractivity contribution in [3.63, 3.8) is 0 Å². The monoisotopic (exact) mass is 412 g/mol. The van der Waals surface area contributed by atoms with Gasteiger partial charge in [0.1, 0.15) is 12.3 Å². The minimum absolute atomic E-state index is 0.0296. The minimum atomic E-state index is -4.38. The van der Waals surface area contributed by atoms with Crippen LogP contribution in [0.2, 0.25) is 0 Å². The Hall–Kier alpha value is -3.05. The highest BCUT2D eigenvalue weighted by Crippen LogP contribution is 2.40. The van der Waals surface area contributed by atoms with E-state index in [0.717, 1.165) is 0 Å². The second-order valence-corrected chi connectivity index (χ2v) is 7.25. The molecule has 2 atom stereocenters. The van der Waals surface area contributed by atoms with Gasteiger partial charge in [-0.15, -0.1) is 0 Å². The molecule has 1 aliphatic heterocycles. The third kappa shape index (κ3) is 3.02. The zero-order valence-electron chi connectivity index (χ0n) is 15.7. The van der Waals surface area contributed by atoms with Crippen molar-refractivity contribution < 1.29 is 27.5 Å². The highest BCUT2D eigenvalue weighted by molar-refractivity contribution is 5.98. The second-order valence-electron chi connectivity index (χ2n) is 7.25. The summed E-state index contributed by atoms with van der Waals surface area (Å²) in [6.45, 7) is -0.106. The molecule has 12 heteroatoms. The Morgan fingerprint density at radius 1 is 1.34 bits per heavy atom. The molecule has 2 aliphatic rings. The highest BCUT2D eigenvalue weighted by Gasteiger charge is 2.45. The van der Waals surface area contributed by atoms with Gasteiger partial charge in [0.15, 0.2) is 11.7 Å². The fraction of sp³-hybridized carbons (Fsp3) is 0.529. The Morgan fingerprint density at radius 3 is 2.72 bits per heavy atom. The first-order valence-electron chi connectivity index (χ1n) is 8.98. The molecule has 2 aromatic heterocycles. The van der Waals surface area contributed by atoms with Crippen LogP contribution in [0.3, 0.4) is 0 Å². The van der Waals surface area contributed by atoms with E-state index in [2.05, 4.69) is 10.2 Å². The molecule has 2 N–H and O–H groups in total. The summed E-state index contributed by atoms with van der Waals surface area (Å²) in [6.07, 6.45) is -3.41. The maximum Gasteiger partial charge on any atom is 0.392 e. The van der Waals surface area contributed by atoms with Crippen LogP contribution in [0.4, 0.5) is 18.9 Å². The number of alkyl halides is 3. The molecule has 29 heavy (non-hydrogen) atoms. The van der Waals surface area contributed by atoms with Gasteiger partial charge in [-0.2, -0.15) is 23.4 Å². The van der Waals surface area contributed by atoms with Crippen molar-refractivity contribution in [2.24, 2.45) is 18.7 Å². The number of halogens is 3. The van der Waals surface area contributed by atoms with E-state index in [9.17, 15) is 22.8 Å². The molecule has 0 fully saturated rings. The number of likely N-dealkylation sites (N-methyl/N-ethyl adjacent to an activating group) is 1. The summed E-state index contributed by atoms with van der Waals surface area (Å²) in [7, 11) is 3.21. The van der Waals surface area contributed by atoms with E-state index in [4.69, 9.17) is 10.5 Å². The normalized spacial score (nSPS) is 22.0. The maximum atomic E-state index is 13.2. The Morgan fingerprint density at radius 2 is 2.07 bits per heavy atom. The number of fused-ring (bicyclic) bond motifs is 2. The number of hydrogen-bond donors (Lipinski definition) is 1. The van der Waals surface area contributed by atoms with Crippen LogP contribution in [0.1, 0.15) is 34.2 Å². The molecule has 0 spiro atoms. The highest BCUT2D eigenvalue weighted by atomic mass is 19.4. The molecule has 0 aromatic carbocycles. The van der Waals surface area contributed by atoms with E-state index < -0.39 is 30.5 Å². The second kappa shape index (κ2) is 6.49. The first-order chi connectivity index (χ1) is 13.6. The van der Waals surface area contributed by atoms with Crippen LogP contribution in [0.25, 0.3) is 0 Å². The third-order valence-electron chi connectivity index (χ3n) is 5.51. The Labute approximate surface area is 163 Å². The molecule has 1 unspecified atom stereocenters. The van der Waals surface area contributed by atoms with E-state index in [1.54, 1.807) is 14.1 Å². The average Bonchev–Trinajstić information content (AvgIpc) is 3.18. The summed E-state index contributed by atoms with van der Waals surface area (Å²) in [4.78, 5) is 26.3. The van der Waals surface area contributed by atoms with Gasteiger partial charge in [0.05, 0.1) is 12.1 Å². The van der Waals surface area contributed by atoms with Gasteiger partial charge in [0.25, 0.3) is 11.8 Å². The van der Waals surface area contributed by atoms with Crippen LogP contribution in [-0.4, -0.2) is 51.2 Å². The van der Waals surface area contributed by atoms with Crippen LogP contribution < -0.4 is 15.4 Å². The lowest BCUT2D eigenvalue weighted by molar-refractivity contribution is -0.177. The summed E-state index contributed by atoms with van der Waals surface area (Å²) < 4.78 is 48.2. The molecule has 1 aliphatic carbocycles. The van der Waals surface area contributed by atoms with Gasteiger partial charge in [-0.1, -0.05) is 0 Å². The molecule has 0 saturated heterocycles. The van der Waals surface area contributed by atoms with E-state index >= 15 is 0 Å². The minimum Gasteiger partial charge on any atom is -0.474 e. The number of anilines is 1. The van der Waals surface area contributed by atoms with E-state index in [0.29, 0.717) is 17.3 Å². The van der Waals surface area contributed by atoms with Gasteiger partial charge in [0.2, 0.25) is 5.88 Å². The molecule has 0 bridgehead atoms. The van der Waals surface area contributed by atoms with E-state index in [1.165, 1.54) is 20.5 Å². The van der Waals surface area contributed by atoms with Crippen LogP contribution in [0.15, 0.2) is 6.20 Å². The molecule has 0 radical (unpaired) electrons. The van der Waals surface area contributed by atoms with Crippen molar-refractivity contribution in [1.29, 1.82) is 0 Å². The van der Waals surface area contributed by atoms with Crippen molar-refractivity contribution in [3.05, 3.63) is 23.1 Å². The fourth-order valence-corrected chi connectivity index (χ4v) is 3.94. The number of aromatic nitrogens is 4. The predicted octanol–water partition coefficient (Wildman–Crippen LogP) is 0.979. The van der Waals surface area contributed by atoms with Gasteiger partial charge in [-0.05, 0) is 19.3 Å². The van der Waals surface area contributed by atoms with E-state index in [1.807, 2.05) is 0 Å². The van der Waals surface area contributed by atoms with Crippen molar-refractivity contribution in [2.45, 2.75) is 31.5 Å². The molecule has 9 nitrogen and oxygen atoms in total. The summed E-state index contributed by atoms with van der Waals surface area (Å²) in [5.74, 6) is -2.50. The van der Waals surface area contributed by atoms with Crippen molar-refractivity contribution in [1.82, 2.24) is 19.6 Å². The summed E-state index contributed by atoms with van der Waals surface area (Å²) in [6, 6.07) is -0.948. The molecular weight excluding hydrogens is 393 g/mol. The van der Waals surface area contributed by atoms with Crippen LogP contribution >= 0.6 is 0 Å². The van der Waals surface area contributed by atoms with E-state index in [-0.39, 0.29) is 36.6 Å². The topological polar surface area (TPSA) is 108 Å². The molecule has 4 rings (SSSR count). The zero-order chi connectivity index (χ0) is 21.1. The lowest BCUT2D eigenvalue weighted by atomic mass is 9.85. The van der Waals surface area contributed by atoms with Gasteiger partial charge in [-0.25, -0.2) is 4.68 Å². The summed E-state index contributed by atoms with van der Waals surface area (Å²) in [5.41, 5.74) is 6.18. The number of carbonyl (C=O) groups is 2. The van der Waals surface area contributed by atoms with Gasteiger partial charge >= 0.3 is 6.18 Å². The smallest absolute Gasteiger partial charge is 0.392 e. The summed E-state index contributed by atoms with van der Waals surface area (Å²) in [5, 5.41) is 8.21. The molecule has 2 amide bonds. The quantitative estimate of drug-likeness (QED) is 0.791. The lowest BCUT2D eigenvalue weighted by Gasteiger charge is -2.27. The molecular formula is C17H19F3N6O3. The number of carbonyl (C=O) groups excluding carboxylic acids is 2. The van der Waals surface area contributed by atoms with Crippen LogP contribution in [0.5, 0.6) is 5.88 Å². The SMILES string of the molecule is CN1C(=O)[C@@H](n2nc(C(N)=O)c3c2CCC(C(F)(F)F)C3)COc2c1cnn2C. The van der Waals surface area contributed by atoms with Crippen LogP contribution in [-0.2, 0) is 24.7 Å². The number of rotatable bonds is 2. The number of amides is 2. The number of nitrogens with zero attached hydrogens (tertiary/aromatic N) is 5. The Bertz CT molecular complexity index is 995. The fourth-order valence-electron chi connectivity index (χ4n) is 3.94. The number of hydrogen-bond acceptors (Lipinski definition) is 5. The van der Waals surface area contributed by atoms with Crippen molar-refractivity contribution >= 4 is 17.5 Å². The van der Waals surface area contributed by atoms with Crippen LogP contribution in [0, 0.1) is 5.92 Å². The first kappa shape index (κ1) is 19.3. The molecule has 2 aromatic rings. The van der Waals surface area contributed by atoms with Gasteiger partial charge in [0, 0.05) is 25.4 Å². The number of aryl methyl sites for hydroxylation is 1. The third-order valence-corrected chi connectivity index (χ3v) is 5.51. The standard InChI is InChI=1S/C17H19F3N6O3/c1-24-11-6-22-25(2)16(11)29-7-12(15(24)28)26-10-4-3-8(17(18,19)20)5-9(10)13(23-26)14(21)27/h6,8,12H,3-5,7H2,1-2H3,(H2,21,27)/t8?,12-/m0/s1. The van der Waals surface area contributed by atoms with Gasteiger partial charge < -0.3 is 15.4 Å². The largest absolute Gasteiger partial charge is 0.474 e. The molecule has 156 valence electrons. The van der Waals surface area contributed by atoms with Crippen molar-refractivity contribution in [2.75, 3.05) is 18.6 Å². The van der Waals surface area contributed by atoms with Gasteiger partial charge in [-0.3, -0.25) is 14.3 Å². The number of nitrogens with two attached hydrogens (primary N) is 1. The van der Waals surface area contributed by atoms with Crippen molar-refractivity contribution in [3.8, 4) is 5.88 Å². The maximum absolute atomic E-state index is 13.2. The predicted molar refractivity (Wildman–Crippen MR) is 93.5 cm³/mol. The Balaban J connectivity index is 1.75. The zero-order valence-corrected chi connectivity index (χ0v) is 15.7. The number of primary amides is 1. The average molecular weight is 412 g/mol. The first-order valence-corrected chi connectivity index (χ1v) is 8.98. The lowest BCUT2D eigenvalue weighted by Crippen LogP contribution is -2.37. The molecule has 0 saturated carbocycles. The molecule has 3 heterocycles. The Kier molecular flexibility index (Phi) is 4.32. The summed E-state index contributed by atoms with van der Waals surface area (Å²) >= 11 is 0. The number of ether oxygens (including phenoxy) is 1.